The monoisotopic (exact) mass is 272 g/mol. The van der Waals surface area contributed by atoms with Gasteiger partial charge >= 0.3 is 5.97 Å². The third kappa shape index (κ3) is 2.93. The summed E-state index contributed by atoms with van der Waals surface area (Å²) in [6.45, 7) is 5.51. The molecule has 0 spiro atoms. The summed E-state index contributed by atoms with van der Waals surface area (Å²) in [4.78, 5) is 13.5. The van der Waals surface area contributed by atoms with Gasteiger partial charge in [0, 0.05) is 15.7 Å². The van der Waals surface area contributed by atoms with Crippen molar-refractivity contribution in [3.63, 3.8) is 0 Å². The van der Waals surface area contributed by atoms with Gasteiger partial charge in [0.2, 0.25) is 0 Å². The topological polar surface area (TPSA) is 37.3 Å². The number of benzene rings is 1. The fraction of sp³-hybridized carbons (Fsp3) is 0.188. The number of carbonyl (C=O) groups is 1. The zero-order valence-electron chi connectivity index (χ0n) is 10.7. The quantitative estimate of drug-likeness (QED) is 0.883. The van der Waals surface area contributed by atoms with Crippen LogP contribution >= 0.6 is 11.3 Å². The van der Waals surface area contributed by atoms with Crippen LogP contribution in [0, 0.1) is 5.92 Å². The second-order valence-corrected chi connectivity index (χ2v) is 5.61. The molecule has 2 unspecified atom stereocenters. The molecule has 1 heterocycles. The molecule has 2 aromatic rings. The number of hydrogen-bond donors (Lipinski definition) is 1. The van der Waals surface area contributed by atoms with Gasteiger partial charge in [0.1, 0.15) is 0 Å². The van der Waals surface area contributed by atoms with Gasteiger partial charge in [-0.2, -0.15) is 0 Å². The Kier molecular flexibility index (Phi) is 4.17. The molecule has 0 radical (unpaired) electrons. The Labute approximate surface area is 117 Å². The molecular weight excluding hydrogens is 256 g/mol. The van der Waals surface area contributed by atoms with Crippen LogP contribution in [-0.2, 0) is 4.79 Å². The summed E-state index contributed by atoms with van der Waals surface area (Å²) in [7, 11) is 0. The lowest BCUT2D eigenvalue weighted by Gasteiger charge is -2.20. The van der Waals surface area contributed by atoms with Gasteiger partial charge in [-0.05, 0) is 17.7 Å². The highest BCUT2D eigenvalue weighted by Crippen LogP contribution is 2.36. The molecule has 3 heteroatoms. The first kappa shape index (κ1) is 13.6. The smallest absolute Gasteiger partial charge is 0.307 e. The highest BCUT2D eigenvalue weighted by molar-refractivity contribution is 7.13. The van der Waals surface area contributed by atoms with Gasteiger partial charge in [0.05, 0.1) is 5.92 Å². The second kappa shape index (κ2) is 5.85. The average Bonchev–Trinajstić information content (AvgIpc) is 2.88. The average molecular weight is 272 g/mol. The Morgan fingerprint density at radius 1 is 1.26 bits per heavy atom. The molecule has 98 valence electrons. The fourth-order valence-corrected chi connectivity index (χ4v) is 3.24. The Morgan fingerprint density at radius 3 is 2.47 bits per heavy atom. The van der Waals surface area contributed by atoms with E-state index in [9.17, 15) is 9.90 Å². The molecule has 0 aliphatic carbocycles. The molecule has 0 aliphatic heterocycles. The molecule has 0 bridgehead atoms. The van der Waals surface area contributed by atoms with E-state index in [1.165, 1.54) is 0 Å². The molecule has 0 saturated heterocycles. The summed E-state index contributed by atoms with van der Waals surface area (Å²) < 4.78 is 0. The minimum absolute atomic E-state index is 0.114. The molecule has 0 aliphatic rings. The molecule has 2 nitrogen and oxygen atoms in total. The highest BCUT2D eigenvalue weighted by Gasteiger charge is 2.27. The van der Waals surface area contributed by atoms with Crippen molar-refractivity contribution in [3.05, 3.63) is 64.4 Å². The molecule has 1 N–H and O–H groups in total. The third-order valence-electron chi connectivity index (χ3n) is 3.20. The normalized spacial score (nSPS) is 13.7. The lowest BCUT2D eigenvalue weighted by Crippen LogP contribution is -2.19. The van der Waals surface area contributed by atoms with Crippen LogP contribution in [0.15, 0.2) is 49.0 Å². The molecule has 0 saturated carbocycles. The van der Waals surface area contributed by atoms with Crippen molar-refractivity contribution in [2.45, 2.75) is 12.8 Å². The van der Waals surface area contributed by atoms with E-state index in [4.69, 9.17) is 0 Å². The van der Waals surface area contributed by atoms with E-state index >= 15 is 0 Å². The largest absolute Gasteiger partial charge is 0.481 e. The third-order valence-corrected chi connectivity index (χ3v) is 4.37. The van der Waals surface area contributed by atoms with Crippen molar-refractivity contribution in [2.75, 3.05) is 0 Å². The van der Waals surface area contributed by atoms with Crippen LogP contribution in [0.1, 0.15) is 28.2 Å². The highest BCUT2D eigenvalue weighted by atomic mass is 32.1. The summed E-state index contributed by atoms with van der Waals surface area (Å²) >= 11 is 1.60. The first-order valence-electron chi connectivity index (χ1n) is 6.13. The van der Waals surface area contributed by atoms with Crippen molar-refractivity contribution < 1.29 is 9.90 Å². The van der Waals surface area contributed by atoms with E-state index in [0.29, 0.717) is 0 Å². The SMILES string of the molecule is C=Cc1ccc(C(c2ccccc2)C(C)C(=O)O)s1. The van der Waals surface area contributed by atoms with E-state index < -0.39 is 11.9 Å². The van der Waals surface area contributed by atoms with Crippen LogP contribution in [0.2, 0.25) is 0 Å². The van der Waals surface area contributed by atoms with Gasteiger partial charge < -0.3 is 5.11 Å². The van der Waals surface area contributed by atoms with Crippen LogP contribution < -0.4 is 0 Å². The van der Waals surface area contributed by atoms with Crippen molar-refractivity contribution in [1.29, 1.82) is 0 Å². The molecular formula is C16H16O2S. The number of aliphatic carboxylic acids is 1. The van der Waals surface area contributed by atoms with Crippen molar-refractivity contribution in [3.8, 4) is 0 Å². The van der Waals surface area contributed by atoms with Crippen LogP contribution in [-0.4, -0.2) is 11.1 Å². The van der Waals surface area contributed by atoms with E-state index in [0.717, 1.165) is 15.3 Å². The predicted octanol–water partition coefficient (Wildman–Crippen LogP) is 4.24. The van der Waals surface area contributed by atoms with Gasteiger partial charge in [-0.25, -0.2) is 0 Å². The Hall–Kier alpha value is -1.87. The van der Waals surface area contributed by atoms with Crippen molar-refractivity contribution >= 4 is 23.4 Å². The van der Waals surface area contributed by atoms with Gasteiger partial charge in [-0.1, -0.05) is 49.9 Å². The van der Waals surface area contributed by atoms with Crippen LogP contribution in [0.3, 0.4) is 0 Å². The fourth-order valence-electron chi connectivity index (χ4n) is 2.15. The molecule has 2 atom stereocenters. The molecule has 1 aromatic carbocycles. The molecule has 0 fully saturated rings. The summed E-state index contributed by atoms with van der Waals surface area (Å²) in [5.41, 5.74) is 1.04. The second-order valence-electron chi connectivity index (χ2n) is 4.46. The lowest BCUT2D eigenvalue weighted by molar-refractivity contribution is -0.141. The molecule has 0 amide bonds. The van der Waals surface area contributed by atoms with Gasteiger partial charge in [0.15, 0.2) is 0 Å². The van der Waals surface area contributed by atoms with Crippen molar-refractivity contribution in [1.82, 2.24) is 0 Å². The molecule has 1 aromatic heterocycles. The molecule has 19 heavy (non-hydrogen) atoms. The Bertz CT molecular complexity index is 571. The Balaban J connectivity index is 2.45. The van der Waals surface area contributed by atoms with Gasteiger partial charge in [-0.3, -0.25) is 4.79 Å². The standard InChI is InChI=1S/C16H16O2S/c1-3-13-9-10-14(19-13)15(11(2)16(17)18)12-7-5-4-6-8-12/h3-11,15H,1H2,2H3,(H,17,18). The van der Waals surface area contributed by atoms with E-state index in [1.807, 2.05) is 42.5 Å². The zero-order valence-corrected chi connectivity index (χ0v) is 11.6. The van der Waals surface area contributed by atoms with E-state index in [-0.39, 0.29) is 5.92 Å². The maximum atomic E-state index is 11.3. The number of carboxylic acid groups (broad SMARTS) is 1. The first-order chi connectivity index (χ1) is 9.13. The maximum absolute atomic E-state index is 11.3. The number of hydrogen-bond acceptors (Lipinski definition) is 2. The summed E-state index contributed by atoms with van der Waals surface area (Å²) in [6, 6.07) is 13.8. The van der Waals surface area contributed by atoms with Crippen LogP contribution in [0.5, 0.6) is 0 Å². The number of thiophene rings is 1. The first-order valence-corrected chi connectivity index (χ1v) is 6.95. The summed E-state index contributed by atoms with van der Waals surface area (Å²) in [5.74, 6) is -1.35. The van der Waals surface area contributed by atoms with Crippen LogP contribution in [0.4, 0.5) is 0 Å². The maximum Gasteiger partial charge on any atom is 0.307 e. The minimum atomic E-state index is -0.776. The summed E-state index contributed by atoms with van der Waals surface area (Å²) in [5, 5.41) is 9.32. The van der Waals surface area contributed by atoms with E-state index in [1.54, 1.807) is 24.3 Å². The molecule has 2 rings (SSSR count). The summed E-state index contributed by atoms with van der Waals surface area (Å²) in [6.07, 6.45) is 1.79. The zero-order chi connectivity index (χ0) is 13.8. The minimum Gasteiger partial charge on any atom is -0.481 e. The van der Waals surface area contributed by atoms with Crippen molar-refractivity contribution in [2.24, 2.45) is 5.92 Å². The lowest BCUT2D eigenvalue weighted by atomic mass is 9.86. The van der Waals surface area contributed by atoms with Gasteiger partial charge in [-0.15, -0.1) is 11.3 Å². The van der Waals surface area contributed by atoms with Crippen LogP contribution in [0.25, 0.3) is 6.08 Å². The Morgan fingerprint density at radius 2 is 1.95 bits per heavy atom. The van der Waals surface area contributed by atoms with Gasteiger partial charge in [0.25, 0.3) is 0 Å². The number of rotatable bonds is 5. The predicted molar refractivity (Wildman–Crippen MR) is 79.5 cm³/mol. The van der Waals surface area contributed by atoms with E-state index in [2.05, 4.69) is 6.58 Å². The number of carboxylic acids is 1.